The maximum absolute atomic E-state index is 9.51. The van der Waals surface area contributed by atoms with Gasteiger partial charge < -0.3 is 10.8 Å². The molecule has 0 spiro atoms. The molecule has 0 saturated carbocycles. The third kappa shape index (κ3) is 1.55. The van der Waals surface area contributed by atoms with Gasteiger partial charge in [0, 0.05) is 6.04 Å². The van der Waals surface area contributed by atoms with Crippen LogP contribution in [0.1, 0.15) is 30.0 Å². The van der Waals surface area contributed by atoms with E-state index in [0.29, 0.717) is 5.75 Å². The number of rotatable bonds is 0. The second-order valence-corrected chi connectivity index (χ2v) is 4.54. The lowest BCUT2D eigenvalue weighted by molar-refractivity contribution is 0.467. The highest BCUT2D eigenvalue weighted by Gasteiger charge is 2.19. The van der Waals surface area contributed by atoms with Gasteiger partial charge in [-0.05, 0) is 59.0 Å². The van der Waals surface area contributed by atoms with Crippen LogP contribution in [0.15, 0.2) is 12.1 Å². The Kier molecular flexibility index (Phi) is 2.47. The Bertz CT molecular complexity index is 338. The minimum atomic E-state index is 0.165. The van der Waals surface area contributed by atoms with E-state index >= 15 is 0 Å². The lowest BCUT2D eigenvalue weighted by Crippen LogP contribution is -2.18. The average molecular weight is 289 g/mol. The Morgan fingerprint density at radius 2 is 2.23 bits per heavy atom. The summed E-state index contributed by atoms with van der Waals surface area (Å²) < 4.78 is 0.977. The lowest BCUT2D eigenvalue weighted by Gasteiger charge is -2.23. The van der Waals surface area contributed by atoms with Crippen LogP contribution in [0.2, 0.25) is 0 Å². The fraction of sp³-hybridized carbons (Fsp3) is 0.400. The quantitative estimate of drug-likeness (QED) is 0.720. The fourth-order valence-corrected chi connectivity index (χ4v) is 2.64. The number of hydrogen-bond donors (Lipinski definition) is 2. The fourth-order valence-electron chi connectivity index (χ4n) is 1.88. The zero-order valence-electron chi connectivity index (χ0n) is 7.26. The maximum Gasteiger partial charge on any atom is 0.129 e. The minimum Gasteiger partial charge on any atom is -0.507 e. The summed E-state index contributed by atoms with van der Waals surface area (Å²) in [5, 5.41) is 9.51. The first-order chi connectivity index (χ1) is 6.20. The molecule has 0 aromatic heterocycles. The van der Waals surface area contributed by atoms with Crippen LogP contribution in [0.4, 0.5) is 0 Å². The van der Waals surface area contributed by atoms with Crippen molar-refractivity contribution >= 4 is 22.6 Å². The van der Waals surface area contributed by atoms with E-state index in [9.17, 15) is 5.11 Å². The Morgan fingerprint density at radius 3 is 3.00 bits per heavy atom. The first kappa shape index (κ1) is 9.27. The number of fused-ring (bicyclic) bond motifs is 1. The van der Waals surface area contributed by atoms with Crippen molar-refractivity contribution in [3.8, 4) is 5.75 Å². The summed E-state index contributed by atoms with van der Waals surface area (Å²) in [7, 11) is 0. The summed E-state index contributed by atoms with van der Waals surface area (Å²) in [6.07, 6.45) is 3.25. The molecule has 1 aromatic rings. The Labute approximate surface area is 91.3 Å². The van der Waals surface area contributed by atoms with Gasteiger partial charge in [0.2, 0.25) is 0 Å². The molecular formula is C10H12INO. The Balaban J connectivity index is 2.56. The van der Waals surface area contributed by atoms with Gasteiger partial charge in [-0.3, -0.25) is 0 Å². The molecule has 1 aromatic carbocycles. The first-order valence-electron chi connectivity index (χ1n) is 4.46. The van der Waals surface area contributed by atoms with Gasteiger partial charge in [-0.1, -0.05) is 6.07 Å². The van der Waals surface area contributed by atoms with Crippen LogP contribution in [0.5, 0.6) is 5.75 Å². The largest absolute Gasteiger partial charge is 0.507 e. The first-order valence-corrected chi connectivity index (χ1v) is 5.54. The van der Waals surface area contributed by atoms with Gasteiger partial charge in [0.05, 0.1) is 3.57 Å². The summed E-state index contributed by atoms with van der Waals surface area (Å²) >= 11 is 2.19. The molecule has 1 aliphatic carbocycles. The molecule has 3 N–H and O–H groups in total. The van der Waals surface area contributed by atoms with E-state index in [-0.39, 0.29) is 6.04 Å². The SMILES string of the molecule is NC1CCCc2c1ccc(O)c2I. The summed E-state index contributed by atoms with van der Waals surface area (Å²) in [5.74, 6) is 0.383. The molecule has 70 valence electrons. The highest BCUT2D eigenvalue weighted by atomic mass is 127. The Morgan fingerprint density at radius 1 is 1.46 bits per heavy atom. The van der Waals surface area contributed by atoms with Crippen molar-refractivity contribution in [2.75, 3.05) is 0 Å². The van der Waals surface area contributed by atoms with Crippen LogP contribution < -0.4 is 5.73 Å². The van der Waals surface area contributed by atoms with Gasteiger partial charge >= 0.3 is 0 Å². The molecule has 1 atom stereocenters. The van der Waals surface area contributed by atoms with E-state index in [1.807, 2.05) is 6.07 Å². The predicted molar refractivity (Wildman–Crippen MR) is 60.7 cm³/mol. The number of aromatic hydroxyl groups is 1. The molecule has 1 aliphatic rings. The number of benzene rings is 1. The topological polar surface area (TPSA) is 46.2 Å². The van der Waals surface area contributed by atoms with Gasteiger partial charge in [-0.15, -0.1) is 0 Å². The molecule has 0 aliphatic heterocycles. The number of nitrogens with two attached hydrogens (primary N) is 1. The lowest BCUT2D eigenvalue weighted by atomic mass is 9.88. The van der Waals surface area contributed by atoms with E-state index in [4.69, 9.17) is 5.73 Å². The second kappa shape index (κ2) is 3.46. The van der Waals surface area contributed by atoms with Gasteiger partial charge in [-0.25, -0.2) is 0 Å². The van der Waals surface area contributed by atoms with Crippen LogP contribution in [0.25, 0.3) is 0 Å². The van der Waals surface area contributed by atoms with Crippen molar-refractivity contribution in [3.05, 3.63) is 26.8 Å². The highest BCUT2D eigenvalue weighted by Crippen LogP contribution is 2.34. The van der Waals surface area contributed by atoms with Gasteiger partial charge in [0.25, 0.3) is 0 Å². The van der Waals surface area contributed by atoms with Crippen LogP contribution in [0.3, 0.4) is 0 Å². The molecule has 2 nitrogen and oxygen atoms in total. The monoisotopic (exact) mass is 289 g/mol. The van der Waals surface area contributed by atoms with Crippen molar-refractivity contribution in [1.82, 2.24) is 0 Å². The molecule has 0 bridgehead atoms. The number of hydrogen-bond acceptors (Lipinski definition) is 2. The number of phenols is 1. The van der Waals surface area contributed by atoms with Gasteiger partial charge in [-0.2, -0.15) is 0 Å². The molecule has 0 saturated heterocycles. The van der Waals surface area contributed by atoms with E-state index < -0.39 is 0 Å². The molecule has 2 rings (SSSR count). The van der Waals surface area contributed by atoms with Crippen LogP contribution in [-0.2, 0) is 6.42 Å². The standard InChI is InChI=1S/C10H12INO/c11-10-7-2-1-3-8(12)6(7)4-5-9(10)13/h4-5,8,13H,1-3,12H2. The summed E-state index contributed by atoms with van der Waals surface area (Å²) in [4.78, 5) is 0. The normalized spacial score (nSPS) is 21.2. The zero-order valence-corrected chi connectivity index (χ0v) is 9.41. The summed E-state index contributed by atoms with van der Waals surface area (Å²) in [5.41, 5.74) is 8.45. The van der Waals surface area contributed by atoms with Crippen molar-refractivity contribution < 1.29 is 5.11 Å². The van der Waals surface area contributed by atoms with E-state index in [1.54, 1.807) is 6.07 Å². The van der Waals surface area contributed by atoms with E-state index in [2.05, 4.69) is 22.6 Å². The van der Waals surface area contributed by atoms with E-state index in [0.717, 1.165) is 22.8 Å². The van der Waals surface area contributed by atoms with Gasteiger partial charge in [0.15, 0.2) is 0 Å². The van der Waals surface area contributed by atoms with Crippen LogP contribution in [-0.4, -0.2) is 5.11 Å². The number of phenolic OH excluding ortho intramolecular Hbond substituents is 1. The molecule has 0 heterocycles. The third-order valence-electron chi connectivity index (χ3n) is 2.60. The second-order valence-electron chi connectivity index (χ2n) is 3.47. The summed E-state index contributed by atoms with van der Waals surface area (Å²) in [6, 6.07) is 3.86. The number of halogens is 1. The van der Waals surface area contributed by atoms with Crippen LogP contribution in [0, 0.1) is 3.57 Å². The smallest absolute Gasteiger partial charge is 0.129 e. The Hall–Kier alpha value is -0.290. The average Bonchev–Trinajstić information content (AvgIpc) is 2.12. The van der Waals surface area contributed by atoms with Crippen LogP contribution >= 0.6 is 22.6 Å². The van der Waals surface area contributed by atoms with Crippen molar-refractivity contribution in [2.45, 2.75) is 25.3 Å². The molecule has 0 amide bonds. The van der Waals surface area contributed by atoms with Gasteiger partial charge in [0.1, 0.15) is 5.75 Å². The highest BCUT2D eigenvalue weighted by molar-refractivity contribution is 14.1. The molecular weight excluding hydrogens is 277 g/mol. The minimum absolute atomic E-state index is 0.165. The van der Waals surface area contributed by atoms with Crippen molar-refractivity contribution in [2.24, 2.45) is 5.73 Å². The molecule has 0 fully saturated rings. The molecule has 3 heteroatoms. The maximum atomic E-state index is 9.51. The molecule has 1 unspecified atom stereocenters. The van der Waals surface area contributed by atoms with Crippen molar-refractivity contribution in [3.63, 3.8) is 0 Å². The summed E-state index contributed by atoms with van der Waals surface area (Å²) in [6.45, 7) is 0. The molecule has 0 radical (unpaired) electrons. The third-order valence-corrected chi connectivity index (χ3v) is 3.80. The zero-order chi connectivity index (χ0) is 9.42. The predicted octanol–water partition coefficient (Wildman–Crippen LogP) is 2.33. The molecule has 13 heavy (non-hydrogen) atoms. The van der Waals surface area contributed by atoms with Crippen molar-refractivity contribution in [1.29, 1.82) is 0 Å². The van der Waals surface area contributed by atoms with E-state index in [1.165, 1.54) is 11.1 Å².